The number of aromatic nitrogens is 2. The Hall–Kier alpha value is -2.18. The van der Waals surface area contributed by atoms with Crippen LogP contribution in [0.3, 0.4) is 0 Å². The fraction of sp³-hybridized carbons (Fsp3) is 0.389. The Kier molecular flexibility index (Phi) is 4.92. The van der Waals surface area contributed by atoms with Crippen LogP contribution in [0, 0.1) is 6.92 Å². The minimum atomic E-state index is -1.23. The predicted octanol–water partition coefficient (Wildman–Crippen LogP) is 2.12. The Morgan fingerprint density at radius 3 is 2.80 bits per heavy atom. The third-order valence-electron chi connectivity index (χ3n) is 4.29. The molecule has 1 aromatic carbocycles. The molecule has 132 valence electrons. The first kappa shape index (κ1) is 17.6. The predicted molar refractivity (Wildman–Crippen MR) is 96.6 cm³/mol. The molecule has 7 heteroatoms. The molecule has 3 rings (SSSR count). The lowest BCUT2D eigenvalue weighted by Gasteiger charge is -2.31. The van der Waals surface area contributed by atoms with Gasteiger partial charge in [-0.1, -0.05) is 23.7 Å². The number of carbonyl (C=O) groups excluding carboxylic acids is 1. The number of anilines is 1. The van der Waals surface area contributed by atoms with Crippen LogP contribution in [-0.4, -0.2) is 46.5 Å². The molecule has 0 radical (unpaired) electrons. The summed E-state index contributed by atoms with van der Waals surface area (Å²) < 4.78 is 0. The second-order valence-electron chi connectivity index (χ2n) is 6.38. The SMILES string of the molecule is Cc1nc2c(c(N(C)C)n1)CCN(C(=O)[C@@H](O)c1cccc(Cl)c1)C2. The molecule has 1 aromatic heterocycles. The zero-order valence-electron chi connectivity index (χ0n) is 14.5. The molecule has 6 nitrogen and oxygen atoms in total. The van der Waals surface area contributed by atoms with Gasteiger partial charge in [0.15, 0.2) is 6.10 Å². The number of fused-ring (bicyclic) bond motifs is 1. The number of halogens is 1. The van der Waals surface area contributed by atoms with Crippen molar-refractivity contribution in [2.75, 3.05) is 25.5 Å². The van der Waals surface area contributed by atoms with Gasteiger partial charge in [0.1, 0.15) is 11.6 Å². The number of aryl methyl sites for hydroxylation is 1. The van der Waals surface area contributed by atoms with Gasteiger partial charge in [-0.3, -0.25) is 4.79 Å². The maximum absolute atomic E-state index is 12.7. The van der Waals surface area contributed by atoms with E-state index in [-0.39, 0.29) is 5.91 Å². The van der Waals surface area contributed by atoms with Crippen molar-refractivity contribution in [1.29, 1.82) is 0 Å². The van der Waals surface area contributed by atoms with Gasteiger partial charge < -0.3 is 14.9 Å². The molecule has 1 aliphatic heterocycles. The van der Waals surface area contributed by atoms with Crippen LogP contribution in [0.5, 0.6) is 0 Å². The number of aliphatic hydroxyl groups is 1. The van der Waals surface area contributed by atoms with Crippen molar-refractivity contribution >= 4 is 23.3 Å². The Morgan fingerprint density at radius 2 is 2.12 bits per heavy atom. The molecule has 0 spiro atoms. The molecule has 1 atom stereocenters. The van der Waals surface area contributed by atoms with Gasteiger partial charge in [0.05, 0.1) is 12.2 Å². The standard InChI is InChI=1S/C18H21ClN4O2/c1-11-20-15-10-23(8-7-14(15)17(21-11)22(2)3)18(25)16(24)12-5-4-6-13(19)9-12/h4-6,9,16,24H,7-8,10H2,1-3H3/t16-/m0/s1. The molecular formula is C18H21ClN4O2. The highest BCUT2D eigenvalue weighted by atomic mass is 35.5. The zero-order valence-corrected chi connectivity index (χ0v) is 15.3. The average Bonchev–Trinajstić information content (AvgIpc) is 2.59. The molecule has 1 amide bonds. The van der Waals surface area contributed by atoms with Gasteiger partial charge in [0.2, 0.25) is 0 Å². The maximum Gasteiger partial charge on any atom is 0.256 e. The van der Waals surface area contributed by atoms with Crippen molar-refractivity contribution in [3.8, 4) is 0 Å². The van der Waals surface area contributed by atoms with Gasteiger partial charge in [0.25, 0.3) is 5.91 Å². The van der Waals surface area contributed by atoms with Gasteiger partial charge in [-0.2, -0.15) is 0 Å². The number of nitrogens with zero attached hydrogens (tertiary/aromatic N) is 4. The Balaban J connectivity index is 1.84. The van der Waals surface area contributed by atoms with Crippen molar-refractivity contribution in [2.45, 2.75) is 26.0 Å². The summed E-state index contributed by atoms with van der Waals surface area (Å²) in [5.41, 5.74) is 2.40. The molecule has 2 heterocycles. The molecule has 25 heavy (non-hydrogen) atoms. The highest BCUT2D eigenvalue weighted by Crippen LogP contribution is 2.27. The van der Waals surface area contributed by atoms with E-state index in [1.165, 1.54) is 0 Å². The summed E-state index contributed by atoms with van der Waals surface area (Å²) in [6.07, 6.45) is -0.562. The van der Waals surface area contributed by atoms with Crippen LogP contribution in [-0.2, 0) is 17.8 Å². The summed E-state index contributed by atoms with van der Waals surface area (Å²) in [5, 5.41) is 10.9. The van der Waals surface area contributed by atoms with Gasteiger partial charge in [-0.25, -0.2) is 9.97 Å². The van der Waals surface area contributed by atoms with E-state index in [2.05, 4.69) is 9.97 Å². The molecule has 0 saturated heterocycles. The topological polar surface area (TPSA) is 69.6 Å². The van der Waals surface area contributed by atoms with Gasteiger partial charge in [-0.15, -0.1) is 0 Å². The van der Waals surface area contributed by atoms with E-state index in [0.29, 0.717) is 35.9 Å². The van der Waals surface area contributed by atoms with Crippen LogP contribution in [0.25, 0.3) is 0 Å². The van der Waals surface area contributed by atoms with Crippen LogP contribution in [0.4, 0.5) is 5.82 Å². The second kappa shape index (κ2) is 6.98. The zero-order chi connectivity index (χ0) is 18.1. The normalized spacial score (nSPS) is 14.8. The molecule has 0 saturated carbocycles. The minimum absolute atomic E-state index is 0.337. The van der Waals surface area contributed by atoms with Crippen molar-refractivity contribution < 1.29 is 9.90 Å². The number of amides is 1. The van der Waals surface area contributed by atoms with Gasteiger partial charge in [-0.05, 0) is 31.0 Å². The Labute approximate surface area is 152 Å². The first-order valence-corrected chi connectivity index (χ1v) is 8.50. The fourth-order valence-corrected chi connectivity index (χ4v) is 3.28. The van der Waals surface area contributed by atoms with Crippen LogP contribution in [0.15, 0.2) is 24.3 Å². The summed E-state index contributed by atoms with van der Waals surface area (Å²) in [6, 6.07) is 6.74. The lowest BCUT2D eigenvalue weighted by molar-refractivity contribution is -0.141. The van der Waals surface area contributed by atoms with Crippen LogP contribution < -0.4 is 4.90 Å². The first-order chi connectivity index (χ1) is 11.9. The highest BCUT2D eigenvalue weighted by Gasteiger charge is 2.29. The van der Waals surface area contributed by atoms with E-state index in [1.54, 1.807) is 29.2 Å². The molecule has 0 bridgehead atoms. The molecule has 0 aliphatic carbocycles. The molecule has 1 N–H and O–H groups in total. The molecule has 2 aromatic rings. The smallest absolute Gasteiger partial charge is 0.256 e. The van der Waals surface area contributed by atoms with Gasteiger partial charge in [0, 0.05) is 31.2 Å². The number of rotatable bonds is 3. The summed E-state index contributed by atoms with van der Waals surface area (Å²) in [6.45, 7) is 2.74. The van der Waals surface area contributed by atoms with E-state index in [9.17, 15) is 9.90 Å². The largest absolute Gasteiger partial charge is 0.378 e. The summed E-state index contributed by atoms with van der Waals surface area (Å²) >= 11 is 5.95. The summed E-state index contributed by atoms with van der Waals surface area (Å²) in [4.78, 5) is 25.3. The minimum Gasteiger partial charge on any atom is -0.378 e. The van der Waals surface area contributed by atoms with E-state index in [1.807, 2.05) is 25.9 Å². The molecular weight excluding hydrogens is 340 g/mol. The lowest BCUT2D eigenvalue weighted by atomic mass is 10.0. The van der Waals surface area contributed by atoms with E-state index in [0.717, 1.165) is 17.1 Å². The van der Waals surface area contributed by atoms with Crippen LogP contribution >= 0.6 is 11.6 Å². The van der Waals surface area contributed by atoms with E-state index >= 15 is 0 Å². The first-order valence-electron chi connectivity index (χ1n) is 8.13. The van der Waals surface area contributed by atoms with Crippen molar-refractivity contribution in [1.82, 2.24) is 14.9 Å². The van der Waals surface area contributed by atoms with E-state index < -0.39 is 6.10 Å². The number of hydrogen-bond acceptors (Lipinski definition) is 5. The third-order valence-corrected chi connectivity index (χ3v) is 4.52. The maximum atomic E-state index is 12.7. The van der Waals surface area contributed by atoms with Crippen LogP contribution in [0.2, 0.25) is 5.02 Å². The summed E-state index contributed by atoms with van der Waals surface area (Å²) in [7, 11) is 3.89. The second-order valence-corrected chi connectivity index (χ2v) is 6.82. The monoisotopic (exact) mass is 360 g/mol. The van der Waals surface area contributed by atoms with Crippen molar-refractivity contribution in [3.63, 3.8) is 0 Å². The summed E-state index contributed by atoms with van der Waals surface area (Å²) in [5.74, 6) is 1.23. The van der Waals surface area contributed by atoms with Crippen molar-refractivity contribution in [2.24, 2.45) is 0 Å². The number of aliphatic hydroxyl groups excluding tert-OH is 1. The van der Waals surface area contributed by atoms with Gasteiger partial charge >= 0.3 is 0 Å². The number of benzene rings is 1. The molecule has 0 unspecified atom stereocenters. The highest BCUT2D eigenvalue weighted by molar-refractivity contribution is 6.30. The van der Waals surface area contributed by atoms with Crippen LogP contribution in [0.1, 0.15) is 28.7 Å². The van der Waals surface area contributed by atoms with E-state index in [4.69, 9.17) is 11.6 Å². The number of hydrogen-bond donors (Lipinski definition) is 1. The quantitative estimate of drug-likeness (QED) is 0.908. The lowest BCUT2D eigenvalue weighted by Crippen LogP contribution is -2.40. The third kappa shape index (κ3) is 3.60. The molecule has 0 fully saturated rings. The fourth-order valence-electron chi connectivity index (χ4n) is 3.08. The number of carbonyl (C=O) groups is 1. The van der Waals surface area contributed by atoms with Crippen molar-refractivity contribution in [3.05, 3.63) is 51.9 Å². The Bertz CT molecular complexity index is 810. The average molecular weight is 361 g/mol. The molecule has 1 aliphatic rings. The Morgan fingerprint density at radius 1 is 1.36 bits per heavy atom.